The van der Waals surface area contributed by atoms with Gasteiger partial charge in [0.1, 0.15) is 0 Å². The van der Waals surface area contributed by atoms with Crippen molar-refractivity contribution < 1.29 is 28.9 Å². The number of carbonyl (C=O) groups is 2. The van der Waals surface area contributed by atoms with Crippen LogP contribution in [0.2, 0.25) is 5.02 Å². The number of carbonyl (C=O) groups excluding carboxylic acids is 1. The molecular weight excluding hydrogens is 412 g/mol. The number of rotatable bonds is 6. The zero-order valence-electron chi connectivity index (χ0n) is 16.7. The summed E-state index contributed by atoms with van der Waals surface area (Å²) < 4.78 is 16.0. The second-order valence-electron chi connectivity index (χ2n) is 6.29. The molecule has 9 heteroatoms. The summed E-state index contributed by atoms with van der Waals surface area (Å²) >= 11 is 5.92. The number of hydrogen-bond acceptors (Lipinski definition) is 6. The van der Waals surface area contributed by atoms with Gasteiger partial charge in [0.15, 0.2) is 11.5 Å². The van der Waals surface area contributed by atoms with E-state index in [1.54, 1.807) is 25.1 Å². The number of methoxy groups -OCH3 is 3. The lowest BCUT2D eigenvalue weighted by atomic mass is 10.1. The first-order valence-electron chi connectivity index (χ1n) is 8.75. The number of nitrogens with zero attached hydrogens (tertiary/aromatic N) is 2. The molecule has 2 aromatic rings. The molecule has 0 fully saturated rings. The molecule has 1 aliphatic rings. The molecular formula is C21H19ClN2O6. The minimum atomic E-state index is -1.19. The molecule has 0 bridgehead atoms. The first-order chi connectivity index (χ1) is 14.3. The van der Waals surface area contributed by atoms with E-state index in [4.69, 9.17) is 25.8 Å². The molecule has 0 aliphatic carbocycles. The number of hydrogen-bond donors (Lipinski definition) is 1. The highest BCUT2D eigenvalue weighted by atomic mass is 35.5. The van der Waals surface area contributed by atoms with E-state index in [9.17, 15) is 14.7 Å². The maximum atomic E-state index is 13.0. The molecule has 1 aliphatic heterocycles. The Morgan fingerprint density at radius 2 is 1.73 bits per heavy atom. The third-order valence-electron chi connectivity index (χ3n) is 4.49. The standard InChI is InChI=1S/C21H19ClN2O6/c1-11-14(7-12-8-17(28-2)19(30-4)18(9-12)29-3)20(25)24(23-11)13-5-6-16(22)15(10-13)21(26)27/h5-10H,1-4H3,(H,26,27)/b14-7+. The van der Waals surface area contributed by atoms with E-state index in [-0.39, 0.29) is 10.6 Å². The molecule has 0 unspecified atom stereocenters. The van der Waals surface area contributed by atoms with Crippen molar-refractivity contribution in [2.45, 2.75) is 6.92 Å². The number of halogens is 1. The lowest BCUT2D eigenvalue weighted by Gasteiger charge is -2.14. The van der Waals surface area contributed by atoms with Crippen LogP contribution in [-0.4, -0.2) is 44.0 Å². The molecule has 0 radical (unpaired) electrons. The first-order valence-corrected chi connectivity index (χ1v) is 9.13. The van der Waals surface area contributed by atoms with Crippen molar-refractivity contribution in [2.75, 3.05) is 26.3 Å². The Morgan fingerprint density at radius 3 is 2.27 bits per heavy atom. The quantitative estimate of drug-likeness (QED) is 0.698. The fourth-order valence-electron chi connectivity index (χ4n) is 3.02. The van der Waals surface area contributed by atoms with Gasteiger partial charge in [0, 0.05) is 0 Å². The summed E-state index contributed by atoms with van der Waals surface area (Å²) in [7, 11) is 4.51. The molecule has 8 nitrogen and oxygen atoms in total. The fourth-order valence-corrected chi connectivity index (χ4v) is 3.22. The highest BCUT2D eigenvalue weighted by Gasteiger charge is 2.29. The van der Waals surface area contributed by atoms with Crippen LogP contribution in [0.25, 0.3) is 6.08 Å². The Morgan fingerprint density at radius 1 is 1.10 bits per heavy atom. The molecule has 30 heavy (non-hydrogen) atoms. The summed E-state index contributed by atoms with van der Waals surface area (Å²) in [5, 5.41) is 14.8. The van der Waals surface area contributed by atoms with E-state index >= 15 is 0 Å². The van der Waals surface area contributed by atoms with Crippen molar-refractivity contribution in [1.29, 1.82) is 0 Å². The summed E-state index contributed by atoms with van der Waals surface area (Å²) in [6.07, 6.45) is 1.65. The number of hydrazone groups is 1. The Bertz CT molecular complexity index is 1070. The van der Waals surface area contributed by atoms with Crippen LogP contribution in [-0.2, 0) is 4.79 Å². The van der Waals surface area contributed by atoms with Crippen LogP contribution in [0.4, 0.5) is 5.69 Å². The minimum absolute atomic E-state index is 0.0757. The average molecular weight is 431 g/mol. The van der Waals surface area contributed by atoms with Gasteiger partial charge in [0.05, 0.1) is 48.9 Å². The number of benzene rings is 2. The van der Waals surface area contributed by atoms with Crippen LogP contribution in [0, 0.1) is 0 Å². The van der Waals surface area contributed by atoms with Crippen molar-refractivity contribution in [3.8, 4) is 17.2 Å². The van der Waals surface area contributed by atoms with Crippen molar-refractivity contribution in [2.24, 2.45) is 5.10 Å². The lowest BCUT2D eigenvalue weighted by Crippen LogP contribution is -2.21. The molecule has 1 amide bonds. The van der Waals surface area contributed by atoms with Crippen LogP contribution >= 0.6 is 11.6 Å². The number of carboxylic acid groups (broad SMARTS) is 1. The number of aromatic carboxylic acids is 1. The van der Waals surface area contributed by atoms with E-state index in [1.165, 1.54) is 39.5 Å². The summed E-state index contributed by atoms with van der Waals surface area (Å²) in [6.45, 7) is 1.69. The normalized spacial score (nSPS) is 14.7. The van der Waals surface area contributed by atoms with Gasteiger partial charge in [0.25, 0.3) is 5.91 Å². The van der Waals surface area contributed by atoms with E-state index in [0.29, 0.717) is 39.8 Å². The maximum Gasteiger partial charge on any atom is 0.337 e. The Labute approximate surface area is 177 Å². The fraction of sp³-hybridized carbons (Fsp3) is 0.190. The smallest absolute Gasteiger partial charge is 0.337 e. The predicted octanol–water partition coefficient (Wildman–Crippen LogP) is 3.87. The van der Waals surface area contributed by atoms with Crippen molar-refractivity contribution in [3.63, 3.8) is 0 Å². The molecule has 1 N–H and O–H groups in total. The second kappa shape index (κ2) is 8.46. The highest BCUT2D eigenvalue weighted by molar-refractivity contribution is 6.34. The number of carboxylic acids is 1. The minimum Gasteiger partial charge on any atom is -0.493 e. The summed E-state index contributed by atoms with van der Waals surface area (Å²) in [5.74, 6) is -0.259. The summed E-state index contributed by atoms with van der Waals surface area (Å²) in [5.41, 5.74) is 1.65. The number of amides is 1. The van der Waals surface area contributed by atoms with Gasteiger partial charge in [-0.15, -0.1) is 0 Å². The molecule has 156 valence electrons. The second-order valence-corrected chi connectivity index (χ2v) is 6.70. The Hall–Kier alpha value is -3.52. The average Bonchev–Trinajstić information content (AvgIpc) is 3.01. The Balaban J connectivity index is 2.01. The topological polar surface area (TPSA) is 97.7 Å². The van der Waals surface area contributed by atoms with Gasteiger partial charge < -0.3 is 19.3 Å². The van der Waals surface area contributed by atoms with E-state index in [2.05, 4.69) is 5.10 Å². The molecule has 0 atom stereocenters. The largest absolute Gasteiger partial charge is 0.493 e. The molecule has 0 saturated carbocycles. The predicted molar refractivity (Wildman–Crippen MR) is 113 cm³/mol. The van der Waals surface area contributed by atoms with Crippen molar-refractivity contribution in [1.82, 2.24) is 0 Å². The van der Waals surface area contributed by atoms with Gasteiger partial charge in [-0.3, -0.25) is 4.79 Å². The van der Waals surface area contributed by atoms with E-state index < -0.39 is 11.9 Å². The zero-order valence-corrected chi connectivity index (χ0v) is 17.5. The van der Waals surface area contributed by atoms with Gasteiger partial charge >= 0.3 is 5.97 Å². The monoisotopic (exact) mass is 430 g/mol. The summed E-state index contributed by atoms with van der Waals surface area (Å²) in [6, 6.07) is 7.68. The zero-order chi connectivity index (χ0) is 22.0. The van der Waals surface area contributed by atoms with Crippen LogP contribution < -0.4 is 19.2 Å². The number of ether oxygens (including phenoxy) is 3. The van der Waals surface area contributed by atoms with E-state index in [1.807, 2.05) is 0 Å². The van der Waals surface area contributed by atoms with Gasteiger partial charge in [-0.2, -0.15) is 10.1 Å². The third-order valence-corrected chi connectivity index (χ3v) is 4.82. The van der Waals surface area contributed by atoms with Crippen LogP contribution in [0.15, 0.2) is 41.0 Å². The Kier molecular flexibility index (Phi) is 5.98. The van der Waals surface area contributed by atoms with Gasteiger partial charge in [-0.25, -0.2) is 4.79 Å². The first kappa shape index (κ1) is 21.2. The van der Waals surface area contributed by atoms with Crippen LogP contribution in [0.1, 0.15) is 22.8 Å². The van der Waals surface area contributed by atoms with Gasteiger partial charge in [-0.1, -0.05) is 11.6 Å². The van der Waals surface area contributed by atoms with Crippen LogP contribution in [0.3, 0.4) is 0 Å². The molecule has 0 saturated heterocycles. The molecule has 1 heterocycles. The number of anilines is 1. The maximum absolute atomic E-state index is 13.0. The third kappa shape index (κ3) is 3.81. The SMILES string of the molecule is COc1cc(/C=C2/C(=O)N(c3ccc(Cl)c(C(=O)O)c3)N=C2C)cc(OC)c1OC. The lowest BCUT2D eigenvalue weighted by molar-refractivity contribution is -0.114. The van der Waals surface area contributed by atoms with Crippen LogP contribution in [0.5, 0.6) is 17.2 Å². The molecule has 0 aromatic heterocycles. The molecule has 2 aromatic carbocycles. The summed E-state index contributed by atoms with van der Waals surface area (Å²) in [4.78, 5) is 24.3. The molecule has 0 spiro atoms. The van der Waals surface area contributed by atoms with Gasteiger partial charge in [-0.05, 0) is 48.9 Å². The molecule has 3 rings (SSSR count). The van der Waals surface area contributed by atoms with Crippen molar-refractivity contribution >= 4 is 41.0 Å². The van der Waals surface area contributed by atoms with Gasteiger partial charge in [0.2, 0.25) is 5.75 Å². The van der Waals surface area contributed by atoms with Crippen molar-refractivity contribution in [3.05, 3.63) is 52.1 Å². The van der Waals surface area contributed by atoms with E-state index in [0.717, 1.165) is 5.01 Å². The highest BCUT2D eigenvalue weighted by Crippen LogP contribution is 2.39.